The van der Waals surface area contributed by atoms with E-state index in [1.165, 1.54) is 16.8 Å². The molecule has 0 aromatic heterocycles. The van der Waals surface area contributed by atoms with Gasteiger partial charge in [0.15, 0.2) is 0 Å². The summed E-state index contributed by atoms with van der Waals surface area (Å²) >= 11 is 0. The highest BCUT2D eigenvalue weighted by Crippen LogP contribution is 2.28. The first-order valence-corrected chi connectivity index (χ1v) is 7.22. The van der Waals surface area contributed by atoms with Crippen LogP contribution in [-0.2, 0) is 17.8 Å². The number of hydrogen-bond donors (Lipinski definition) is 2. The van der Waals surface area contributed by atoms with Gasteiger partial charge in [-0.15, -0.1) is 0 Å². The lowest BCUT2D eigenvalue weighted by Gasteiger charge is -2.34. The van der Waals surface area contributed by atoms with Gasteiger partial charge in [0.05, 0.1) is 0 Å². The van der Waals surface area contributed by atoms with Crippen molar-refractivity contribution in [2.45, 2.75) is 19.0 Å². The van der Waals surface area contributed by atoms with Crippen LogP contribution in [0, 0.1) is 0 Å². The molecule has 2 heterocycles. The summed E-state index contributed by atoms with van der Waals surface area (Å²) in [4.78, 5) is 16.0. The van der Waals surface area contributed by atoms with Crippen LogP contribution in [-0.4, -0.2) is 50.1 Å². The van der Waals surface area contributed by atoms with E-state index in [0.29, 0.717) is 6.54 Å². The van der Waals surface area contributed by atoms with E-state index < -0.39 is 0 Å². The topological polar surface area (TPSA) is 61.6 Å². The normalized spacial score (nSPS) is 22.9. The molecule has 108 valence electrons. The predicted octanol–water partition coefficient (Wildman–Crippen LogP) is -0.0620. The number of amides is 1. The maximum atomic E-state index is 11.5. The molecule has 1 aromatic carbocycles. The Bertz CT molecular complexity index is 517. The van der Waals surface area contributed by atoms with Gasteiger partial charge in [-0.2, -0.15) is 0 Å². The Balaban J connectivity index is 1.75. The minimum Gasteiger partial charge on any atom is -0.374 e. The van der Waals surface area contributed by atoms with Gasteiger partial charge in [0.1, 0.15) is 6.04 Å². The average Bonchev–Trinajstić information content (AvgIpc) is 2.80. The molecule has 1 amide bonds. The minimum atomic E-state index is -0.238. The molecule has 1 saturated heterocycles. The van der Waals surface area contributed by atoms with Crippen LogP contribution in [0.15, 0.2) is 18.2 Å². The lowest BCUT2D eigenvalue weighted by Crippen LogP contribution is -2.56. The van der Waals surface area contributed by atoms with Crippen molar-refractivity contribution in [1.29, 1.82) is 0 Å². The number of nitrogens with two attached hydrogens (primary N) is 1. The van der Waals surface area contributed by atoms with Crippen LogP contribution < -0.4 is 16.0 Å². The Morgan fingerprint density at radius 1 is 1.45 bits per heavy atom. The number of nitrogens with zero attached hydrogens (tertiary/aromatic N) is 2. The minimum absolute atomic E-state index is 0.195. The van der Waals surface area contributed by atoms with Crippen LogP contribution in [0.1, 0.15) is 11.1 Å². The van der Waals surface area contributed by atoms with E-state index in [1.54, 1.807) is 0 Å². The first-order chi connectivity index (χ1) is 9.65. The van der Waals surface area contributed by atoms with Crippen molar-refractivity contribution in [3.8, 4) is 0 Å². The second-order valence-electron chi connectivity index (χ2n) is 5.73. The summed E-state index contributed by atoms with van der Waals surface area (Å²) < 4.78 is 0. The van der Waals surface area contributed by atoms with Crippen molar-refractivity contribution in [2.75, 3.05) is 38.1 Å². The van der Waals surface area contributed by atoms with Crippen LogP contribution >= 0.6 is 0 Å². The van der Waals surface area contributed by atoms with E-state index in [0.717, 1.165) is 32.6 Å². The fraction of sp³-hybridized carbons (Fsp3) is 0.533. The third-order valence-corrected chi connectivity index (χ3v) is 4.34. The molecule has 0 radical (unpaired) electrons. The number of rotatable bonds is 3. The monoisotopic (exact) mass is 274 g/mol. The van der Waals surface area contributed by atoms with E-state index in [-0.39, 0.29) is 11.9 Å². The lowest BCUT2D eigenvalue weighted by atomic mass is 10.1. The zero-order valence-electron chi connectivity index (χ0n) is 11.9. The van der Waals surface area contributed by atoms with Gasteiger partial charge in [-0.25, -0.2) is 0 Å². The van der Waals surface area contributed by atoms with Crippen molar-refractivity contribution in [2.24, 2.45) is 5.73 Å². The summed E-state index contributed by atoms with van der Waals surface area (Å²) in [5.74, 6) is -0.238. The molecule has 2 aliphatic heterocycles. The zero-order valence-corrected chi connectivity index (χ0v) is 11.9. The predicted molar refractivity (Wildman–Crippen MR) is 79.7 cm³/mol. The first kappa shape index (κ1) is 13.4. The highest BCUT2D eigenvalue weighted by atomic mass is 16.1. The Hall–Kier alpha value is -1.59. The number of hydrogen-bond acceptors (Lipinski definition) is 4. The van der Waals surface area contributed by atoms with Crippen LogP contribution in [0.2, 0.25) is 0 Å². The summed E-state index contributed by atoms with van der Waals surface area (Å²) in [5.41, 5.74) is 9.51. The van der Waals surface area contributed by atoms with Gasteiger partial charge in [0.2, 0.25) is 5.91 Å². The van der Waals surface area contributed by atoms with Crippen molar-refractivity contribution < 1.29 is 4.79 Å². The van der Waals surface area contributed by atoms with Gasteiger partial charge < -0.3 is 16.0 Å². The summed E-state index contributed by atoms with van der Waals surface area (Å²) in [5, 5.41) is 3.23. The number of benzene rings is 1. The number of nitrogens with one attached hydrogen (secondary N) is 1. The first-order valence-electron chi connectivity index (χ1n) is 7.22. The van der Waals surface area contributed by atoms with Gasteiger partial charge in [-0.1, -0.05) is 12.1 Å². The van der Waals surface area contributed by atoms with E-state index in [2.05, 4.69) is 40.4 Å². The largest absolute Gasteiger partial charge is 0.374 e. The number of likely N-dealkylation sites (N-methyl/N-ethyl adjacent to an activating group) is 1. The summed E-state index contributed by atoms with van der Waals surface area (Å²) in [6.07, 6.45) is 1.11. The number of carbonyl (C=O) groups excluding carboxylic acids is 1. The quantitative estimate of drug-likeness (QED) is 0.810. The van der Waals surface area contributed by atoms with Crippen LogP contribution in [0.4, 0.5) is 5.69 Å². The number of anilines is 1. The Morgan fingerprint density at radius 2 is 2.30 bits per heavy atom. The molecule has 1 fully saturated rings. The second kappa shape index (κ2) is 5.42. The fourth-order valence-electron chi connectivity index (χ4n) is 3.17. The third-order valence-electron chi connectivity index (χ3n) is 4.34. The number of primary amides is 1. The molecule has 0 spiro atoms. The van der Waals surface area contributed by atoms with Crippen LogP contribution in [0.3, 0.4) is 0 Å². The maximum Gasteiger partial charge on any atom is 0.236 e. The molecule has 20 heavy (non-hydrogen) atoms. The van der Waals surface area contributed by atoms with Gasteiger partial charge in [-0.05, 0) is 23.6 Å². The fourth-order valence-corrected chi connectivity index (χ4v) is 3.17. The number of piperazine rings is 1. The van der Waals surface area contributed by atoms with Gasteiger partial charge in [0, 0.05) is 45.5 Å². The van der Waals surface area contributed by atoms with Crippen molar-refractivity contribution in [1.82, 2.24) is 10.2 Å². The van der Waals surface area contributed by atoms with Gasteiger partial charge in [-0.3, -0.25) is 9.69 Å². The average molecular weight is 274 g/mol. The summed E-state index contributed by atoms with van der Waals surface area (Å²) in [6.45, 7) is 4.33. The smallest absolute Gasteiger partial charge is 0.236 e. The molecular formula is C15H22N4O. The third kappa shape index (κ3) is 2.51. The van der Waals surface area contributed by atoms with Crippen molar-refractivity contribution in [3.05, 3.63) is 29.3 Å². The summed E-state index contributed by atoms with van der Waals surface area (Å²) in [7, 11) is 2.13. The van der Waals surface area contributed by atoms with E-state index >= 15 is 0 Å². The Morgan fingerprint density at radius 3 is 3.10 bits per heavy atom. The molecule has 0 bridgehead atoms. The van der Waals surface area contributed by atoms with E-state index in [9.17, 15) is 4.79 Å². The van der Waals surface area contributed by atoms with Crippen molar-refractivity contribution >= 4 is 11.6 Å². The molecule has 3 N–H and O–H groups in total. The maximum absolute atomic E-state index is 11.5. The number of fused-ring (bicyclic) bond motifs is 1. The van der Waals surface area contributed by atoms with Crippen LogP contribution in [0.5, 0.6) is 0 Å². The standard InChI is InChI=1S/C15H22N4O/c1-18-6-4-12-8-11(2-3-13(12)18)10-19-7-5-17-9-14(19)15(16)20/h2-3,8,14,17H,4-7,9-10H2,1H3,(H2,16,20). The Kier molecular flexibility index (Phi) is 3.63. The molecular weight excluding hydrogens is 252 g/mol. The molecule has 1 unspecified atom stereocenters. The molecule has 5 heteroatoms. The zero-order chi connectivity index (χ0) is 14.1. The van der Waals surface area contributed by atoms with E-state index in [1.807, 2.05) is 0 Å². The van der Waals surface area contributed by atoms with Gasteiger partial charge >= 0.3 is 0 Å². The second-order valence-corrected chi connectivity index (χ2v) is 5.73. The van der Waals surface area contributed by atoms with Gasteiger partial charge in [0.25, 0.3) is 0 Å². The highest BCUT2D eigenvalue weighted by Gasteiger charge is 2.27. The number of carbonyl (C=O) groups is 1. The van der Waals surface area contributed by atoms with Crippen LogP contribution in [0.25, 0.3) is 0 Å². The lowest BCUT2D eigenvalue weighted by molar-refractivity contribution is -0.124. The van der Waals surface area contributed by atoms with Crippen molar-refractivity contribution in [3.63, 3.8) is 0 Å². The molecule has 1 atom stereocenters. The highest BCUT2D eigenvalue weighted by molar-refractivity contribution is 5.80. The molecule has 3 rings (SSSR count). The molecule has 0 saturated carbocycles. The molecule has 1 aromatic rings. The van der Waals surface area contributed by atoms with E-state index in [4.69, 9.17) is 5.73 Å². The SMILES string of the molecule is CN1CCc2cc(CN3CCNCC3C(N)=O)ccc21. The Labute approximate surface area is 119 Å². The molecule has 0 aliphatic carbocycles. The molecule has 5 nitrogen and oxygen atoms in total. The molecule has 2 aliphatic rings. The summed E-state index contributed by atoms with van der Waals surface area (Å²) in [6, 6.07) is 6.44.